The minimum atomic E-state index is -1.40. The molecule has 0 radical (unpaired) electrons. The van der Waals surface area contributed by atoms with Gasteiger partial charge in [0.25, 0.3) is 0 Å². The summed E-state index contributed by atoms with van der Waals surface area (Å²) in [5.41, 5.74) is 9.28. The molecule has 216 valence electrons. The molecule has 0 saturated carbocycles. The van der Waals surface area contributed by atoms with Gasteiger partial charge >= 0.3 is 11.9 Å². The second kappa shape index (κ2) is 9.90. The number of H-pyrrole nitrogens is 1. The molecule has 0 amide bonds. The molecule has 1 aromatic rings. The van der Waals surface area contributed by atoms with Crippen molar-refractivity contribution in [2.45, 2.75) is 40.5 Å². The molecule has 0 aromatic carbocycles. The average molecular weight is 575 g/mol. The van der Waals surface area contributed by atoms with Crippen molar-refractivity contribution in [3.8, 4) is 0 Å². The molecule has 5 aliphatic rings. The highest BCUT2D eigenvalue weighted by molar-refractivity contribution is 6.27. The Balaban J connectivity index is 1.75. The summed E-state index contributed by atoms with van der Waals surface area (Å²) in [6.45, 7) is 15.6. The third-order valence-electron chi connectivity index (χ3n) is 8.66. The fourth-order valence-electron chi connectivity index (χ4n) is 6.32. The lowest BCUT2D eigenvalue weighted by molar-refractivity contribution is -0.140. The molecule has 43 heavy (non-hydrogen) atoms. The number of aliphatic hydroxyl groups is 1. The number of aliphatic imine (C=N–C) groups is 3. The van der Waals surface area contributed by atoms with E-state index in [4.69, 9.17) is 15.0 Å². The van der Waals surface area contributed by atoms with Crippen molar-refractivity contribution in [2.24, 2.45) is 20.9 Å². The van der Waals surface area contributed by atoms with Crippen LogP contribution in [0.2, 0.25) is 0 Å². The van der Waals surface area contributed by atoms with Crippen LogP contribution in [0, 0.1) is 12.8 Å². The molecule has 0 spiro atoms. The van der Waals surface area contributed by atoms with E-state index in [-0.39, 0.29) is 24.2 Å². The van der Waals surface area contributed by atoms with E-state index >= 15 is 0 Å². The Kier molecular flexibility index (Phi) is 6.41. The average Bonchev–Trinajstić information content (AvgIpc) is 3.68. The molecule has 1 atom stereocenters. The normalized spacial score (nSPS) is 20.7. The number of carboxylic acid groups (broad SMARTS) is 2. The Hall–Kier alpha value is -5.31. The summed E-state index contributed by atoms with van der Waals surface area (Å²) in [5.74, 6) is -3.95. The van der Waals surface area contributed by atoms with Gasteiger partial charge in [-0.15, -0.1) is 0 Å². The summed E-state index contributed by atoms with van der Waals surface area (Å²) in [7, 11) is 0. The molecule has 6 rings (SSSR count). The number of carboxylic acids is 2. The summed E-state index contributed by atoms with van der Waals surface area (Å²) in [5, 5.41) is 32.7. The van der Waals surface area contributed by atoms with Gasteiger partial charge in [0.05, 0.1) is 34.2 Å². The Morgan fingerprint density at radius 3 is 2.28 bits per heavy atom. The molecular formula is C34H30N4O5. The van der Waals surface area contributed by atoms with Gasteiger partial charge < -0.3 is 20.3 Å². The molecular weight excluding hydrogens is 544 g/mol. The van der Waals surface area contributed by atoms with Crippen molar-refractivity contribution < 1.29 is 24.9 Å². The minimum Gasteiger partial charge on any atom is -0.510 e. The highest BCUT2D eigenvalue weighted by Gasteiger charge is 2.46. The summed E-state index contributed by atoms with van der Waals surface area (Å²) in [6.07, 6.45) is 9.14. The molecule has 1 unspecified atom stereocenters. The van der Waals surface area contributed by atoms with Gasteiger partial charge in [0.15, 0.2) is 0 Å². The molecule has 1 aromatic heterocycles. The monoisotopic (exact) mass is 574 g/mol. The fourth-order valence-corrected chi connectivity index (χ4v) is 6.32. The Morgan fingerprint density at radius 1 is 0.930 bits per heavy atom. The zero-order valence-electron chi connectivity index (χ0n) is 24.3. The Morgan fingerprint density at radius 2 is 1.63 bits per heavy atom. The maximum absolute atomic E-state index is 12.6. The lowest BCUT2D eigenvalue weighted by Gasteiger charge is -2.13. The van der Waals surface area contributed by atoms with Crippen LogP contribution in [0.3, 0.4) is 0 Å². The molecule has 9 nitrogen and oxygen atoms in total. The van der Waals surface area contributed by atoms with E-state index in [9.17, 15) is 24.9 Å². The largest absolute Gasteiger partial charge is 0.510 e. The van der Waals surface area contributed by atoms with Gasteiger partial charge in [-0.1, -0.05) is 25.3 Å². The number of rotatable bonds is 6. The van der Waals surface area contributed by atoms with Gasteiger partial charge in [0.1, 0.15) is 11.7 Å². The van der Waals surface area contributed by atoms with Crippen molar-refractivity contribution in [1.82, 2.24) is 4.98 Å². The number of fused-ring (bicyclic) bond motifs is 5. The minimum absolute atomic E-state index is 0.129. The number of nitrogens with zero attached hydrogens (tertiary/aromatic N) is 3. The van der Waals surface area contributed by atoms with E-state index in [0.29, 0.717) is 45.2 Å². The number of aromatic nitrogens is 1. The zero-order chi connectivity index (χ0) is 30.9. The smallest absolute Gasteiger partial charge is 0.318 e. The highest BCUT2D eigenvalue weighted by Crippen LogP contribution is 2.47. The number of hydrogen-bond acceptors (Lipinski definition) is 6. The molecule has 1 aliphatic carbocycles. The number of hydrogen-bond donors (Lipinski definition) is 4. The van der Waals surface area contributed by atoms with Crippen molar-refractivity contribution >= 4 is 47.3 Å². The molecule has 0 fully saturated rings. The van der Waals surface area contributed by atoms with Crippen LogP contribution >= 0.6 is 0 Å². The van der Waals surface area contributed by atoms with Crippen LogP contribution in [-0.4, -0.2) is 49.4 Å². The van der Waals surface area contributed by atoms with Crippen molar-refractivity contribution in [3.05, 3.63) is 109 Å². The Labute approximate surface area is 247 Å². The topological polar surface area (TPSA) is 148 Å². The fraction of sp³-hybridized carbons (Fsp3) is 0.206. The molecule has 9 heteroatoms. The van der Waals surface area contributed by atoms with Gasteiger partial charge in [-0.2, -0.15) is 0 Å². The van der Waals surface area contributed by atoms with E-state index in [1.807, 2.05) is 39.0 Å². The molecule has 8 bridgehead atoms. The third kappa shape index (κ3) is 4.11. The van der Waals surface area contributed by atoms with Gasteiger partial charge in [0.2, 0.25) is 0 Å². The molecule has 5 heterocycles. The molecule has 0 saturated heterocycles. The second-order valence-electron chi connectivity index (χ2n) is 11.0. The van der Waals surface area contributed by atoms with Crippen molar-refractivity contribution in [1.29, 1.82) is 0 Å². The van der Waals surface area contributed by atoms with Crippen molar-refractivity contribution in [3.63, 3.8) is 0 Å². The predicted molar refractivity (Wildman–Crippen MR) is 167 cm³/mol. The van der Waals surface area contributed by atoms with Gasteiger partial charge in [-0.3, -0.25) is 9.59 Å². The van der Waals surface area contributed by atoms with Crippen LogP contribution < -0.4 is 10.7 Å². The highest BCUT2D eigenvalue weighted by atomic mass is 16.4. The van der Waals surface area contributed by atoms with Crippen LogP contribution in [0.1, 0.15) is 44.7 Å². The zero-order valence-corrected chi connectivity index (χ0v) is 24.3. The van der Waals surface area contributed by atoms with E-state index in [1.165, 1.54) is 0 Å². The maximum atomic E-state index is 12.6. The van der Waals surface area contributed by atoms with Crippen molar-refractivity contribution in [2.75, 3.05) is 0 Å². The van der Waals surface area contributed by atoms with Gasteiger partial charge in [-0.05, 0) is 80.2 Å². The second-order valence-corrected chi connectivity index (χ2v) is 11.0. The number of aromatic amines is 1. The number of nitrogens with one attached hydrogen (secondary N) is 1. The first-order chi connectivity index (χ1) is 20.5. The summed E-state index contributed by atoms with van der Waals surface area (Å²) in [6, 6.07) is 0. The number of carbonyl (C=O) groups is 2. The SMILES string of the molecule is C=CC1=C(C)C2=NC1=CC1=C(C)C3=C(O)C(C(=O)O)C(=C4N=C(C=c5[nH]c(c(C=C)c5C)=C2)C(C)=C4CCC(=O)O)C3=N1. The van der Waals surface area contributed by atoms with Crippen LogP contribution in [0.5, 0.6) is 0 Å². The first-order valence-electron chi connectivity index (χ1n) is 13.9. The van der Waals surface area contributed by atoms with E-state index in [0.717, 1.165) is 44.3 Å². The lowest BCUT2D eigenvalue weighted by atomic mass is 9.92. The van der Waals surface area contributed by atoms with Gasteiger partial charge in [-0.25, -0.2) is 15.0 Å². The molecule has 4 aliphatic heterocycles. The summed E-state index contributed by atoms with van der Waals surface area (Å²) in [4.78, 5) is 42.4. The third-order valence-corrected chi connectivity index (χ3v) is 8.66. The van der Waals surface area contributed by atoms with Gasteiger partial charge in [0, 0.05) is 39.4 Å². The van der Waals surface area contributed by atoms with Crippen LogP contribution in [0.25, 0.3) is 18.2 Å². The first kappa shape index (κ1) is 27.8. The van der Waals surface area contributed by atoms with Crippen LogP contribution in [-0.2, 0) is 9.59 Å². The van der Waals surface area contributed by atoms with Crippen LogP contribution in [0.15, 0.2) is 102 Å². The number of aliphatic carboxylic acids is 2. The summed E-state index contributed by atoms with van der Waals surface area (Å²) >= 11 is 0. The predicted octanol–water partition coefficient (Wildman–Crippen LogP) is 4.53. The standard InChI is InChI=1S/C34H30N4O5/c1-7-18-14(3)21-11-23-16(5)20(9-10-27(39)40)31(37-23)29-30(34(42)43)33(41)28-17(6)24(38-32(28)29)13-26-19(8-2)15(4)22(36-26)12-25(18)35-21/h7-8,11-13,30,35,41H,1-2,9-10H2,3-6H3,(H,39,40)(H,42,43). The molecule has 4 N–H and O–H groups in total. The Bertz CT molecular complexity index is 2050. The number of allylic oxidation sites excluding steroid dienone is 7. The quantitative estimate of drug-likeness (QED) is 0.394. The van der Waals surface area contributed by atoms with Crippen LogP contribution in [0.4, 0.5) is 0 Å². The maximum Gasteiger partial charge on any atom is 0.318 e. The summed E-state index contributed by atoms with van der Waals surface area (Å²) < 4.78 is 0. The van der Waals surface area contributed by atoms with E-state index < -0.39 is 17.9 Å². The van der Waals surface area contributed by atoms with E-state index in [1.54, 1.807) is 19.1 Å². The number of aliphatic hydroxyl groups excluding tert-OH is 1. The van der Waals surface area contributed by atoms with E-state index in [2.05, 4.69) is 18.1 Å². The lowest BCUT2D eigenvalue weighted by Crippen LogP contribution is -2.19. The first-order valence-corrected chi connectivity index (χ1v) is 13.9.